The van der Waals surface area contributed by atoms with E-state index >= 15 is 0 Å². The summed E-state index contributed by atoms with van der Waals surface area (Å²) in [6, 6.07) is 7.63. The monoisotopic (exact) mass is 510 g/mol. The number of benzene rings is 1. The minimum atomic E-state index is -0.779. The van der Waals surface area contributed by atoms with Gasteiger partial charge in [-0.25, -0.2) is 0 Å². The van der Waals surface area contributed by atoms with Crippen LogP contribution in [0, 0.1) is 0 Å². The number of hydrogen-bond donors (Lipinski definition) is 1. The maximum Gasteiger partial charge on any atom is 0.190 e. The zero-order valence-corrected chi connectivity index (χ0v) is 21.7. The fourth-order valence-corrected chi connectivity index (χ4v) is 5.31. The molecular formula is C26H38O10. The summed E-state index contributed by atoms with van der Waals surface area (Å²) in [6.07, 6.45) is -4.05. The second-order valence-electron chi connectivity index (χ2n) is 10.7. The molecule has 4 fully saturated rings. The lowest BCUT2D eigenvalue weighted by atomic mass is 9.99. The van der Waals surface area contributed by atoms with E-state index in [0.717, 1.165) is 11.3 Å². The summed E-state index contributed by atoms with van der Waals surface area (Å²) in [5, 5.41) is 10.8. The van der Waals surface area contributed by atoms with Crippen molar-refractivity contribution in [3.8, 4) is 5.75 Å². The Hall–Kier alpha value is -1.34. The molecule has 5 rings (SSSR count). The van der Waals surface area contributed by atoms with Gasteiger partial charge in [0.2, 0.25) is 0 Å². The highest BCUT2D eigenvalue weighted by molar-refractivity contribution is 5.26. The van der Waals surface area contributed by atoms with Crippen LogP contribution in [0.4, 0.5) is 0 Å². The number of hydrogen-bond acceptors (Lipinski definition) is 10. The number of aliphatic hydroxyl groups excluding tert-OH is 1. The topological polar surface area (TPSA) is 103 Å². The van der Waals surface area contributed by atoms with Gasteiger partial charge in [-0.1, -0.05) is 12.1 Å². The molecule has 4 aliphatic heterocycles. The molecule has 10 nitrogen and oxygen atoms in total. The summed E-state index contributed by atoms with van der Waals surface area (Å²) in [5.74, 6) is -0.771. The molecule has 1 aromatic carbocycles. The second kappa shape index (κ2) is 10.1. The highest BCUT2D eigenvalue weighted by Crippen LogP contribution is 2.44. The molecule has 202 valence electrons. The third-order valence-corrected chi connectivity index (χ3v) is 6.94. The molecule has 0 radical (unpaired) electrons. The van der Waals surface area contributed by atoms with Crippen molar-refractivity contribution in [3.63, 3.8) is 0 Å². The first kappa shape index (κ1) is 26.3. The van der Waals surface area contributed by atoms with Crippen LogP contribution in [0.5, 0.6) is 5.75 Å². The molecule has 4 saturated heterocycles. The Balaban J connectivity index is 1.15. The molecule has 1 N–H and O–H groups in total. The van der Waals surface area contributed by atoms with Gasteiger partial charge in [0.15, 0.2) is 24.2 Å². The van der Waals surface area contributed by atoms with Gasteiger partial charge in [0.05, 0.1) is 32.5 Å². The van der Waals surface area contributed by atoms with Crippen LogP contribution in [-0.2, 0) is 44.5 Å². The summed E-state index contributed by atoms with van der Waals surface area (Å²) >= 11 is 0. The van der Waals surface area contributed by atoms with E-state index in [0.29, 0.717) is 6.61 Å². The van der Waals surface area contributed by atoms with Crippen molar-refractivity contribution in [3.05, 3.63) is 29.8 Å². The van der Waals surface area contributed by atoms with Crippen LogP contribution in [0.25, 0.3) is 0 Å². The fraction of sp³-hybridized carbons (Fsp3) is 0.769. The molecule has 0 unspecified atom stereocenters. The predicted octanol–water partition coefficient (Wildman–Crippen LogP) is 2.49. The van der Waals surface area contributed by atoms with E-state index in [9.17, 15) is 5.11 Å². The zero-order chi connectivity index (χ0) is 25.7. The maximum atomic E-state index is 10.8. The van der Waals surface area contributed by atoms with Crippen LogP contribution < -0.4 is 4.74 Å². The SMILES string of the molecule is COc1ccc(CO[C@H]2[C@@H](O)C[C@@H](OC[C@H]3O[C@@H]4OC(C)(C)O[C@@H]4[C@H]4OC(C)(C)O[C@H]43)O[C@@H]2C)cc1. The van der Waals surface area contributed by atoms with Gasteiger partial charge in [0.1, 0.15) is 36.3 Å². The van der Waals surface area contributed by atoms with Crippen LogP contribution >= 0.6 is 0 Å². The number of aliphatic hydroxyl groups is 1. The molecule has 1 aromatic rings. The smallest absolute Gasteiger partial charge is 0.190 e. The van der Waals surface area contributed by atoms with Crippen molar-refractivity contribution >= 4 is 0 Å². The van der Waals surface area contributed by atoms with E-state index < -0.39 is 42.5 Å². The molecule has 36 heavy (non-hydrogen) atoms. The average Bonchev–Trinajstić information content (AvgIpc) is 3.31. The first-order chi connectivity index (χ1) is 17.0. The third-order valence-electron chi connectivity index (χ3n) is 6.94. The van der Waals surface area contributed by atoms with Crippen molar-refractivity contribution in [2.24, 2.45) is 0 Å². The summed E-state index contributed by atoms with van der Waals surface area (Å²) in [7, 11) is 1.63. The Labute approximate surface area is 212 Å². The number of methoxy groups -OCH3 is 1. The fourth-order valence-electron chi connectivity index (χ4n) is 5.31. The molecule has 9 atom stereocenters. The van der Waals surface area contributed by atoms with Crippen LogP contribution in [0.1, 0.15) is 46.6 Å². The van der Waals surface area contributed by atoms with Gasteiger partial charge in [-0.3, -0.25) is 0 Å². The Morgan fingerprint density at radius 1 is 0.889 bits per heavy atom. The highest BCUT2D eigenvalue weighted by Gasteiger charge is 2.60. The summed E-state index contributed by atoms with van der Waals surface area (Å²) in [6.45, 7) is 9.86. The lowest BCUT2D eigenvalue weighted by Crippen LogP contribution is -2.57. The van der Waals surface area contributed by atoms with Gasteiger partial charge in [0.25, 0.3) is 0 Å². The van der Waals surface area contributed by atoms with Crippen LogP contribution in [0.15, 0.2) is 24.3 Å². The van der Waals surface area contributed by atoms with Gasteiger partial charge >= 0.3 is 0 Å². The van der Waals surface area contributed by atoms with Crippen LogP contribution in [0.3, 0.4) is 0 Å². The lowest BCUT2D eigenvalue weighted by molar-refractivity contribution is -0.284. The lowest BCUT2D eigenvalue weighted by Gasteiger charge is -2.40. The predicted molar refractivity (Wildman–Crippen MR) is 125 cm³/mol. The number of ether oxygens (including phenoxy) is 9. The number of fused-ring (bicyclic) bond motifs is 3. The molecule has 0 amide bonds. The summed E-state index contributed by atoms with van der Waals surface area (Å²) < 4.78 is 53.8. The molecule has 0 bridgehead atoms. The van der Waals surface area contributed by atoms with E-state index in [4.69, 9.17) is 42.6 Å². The minimum Gasteiger partial charge on any atom is -0.497 e. The summed E-state index contributed by atoms with van der Waals surface area (Å²) in [5.41, 5.74) is 0.985. The van der Waals surface area contributed by atoms with E-state index in [1.165, 1.54) is 0 Å². The molecule has 4 aliphatic rings. The van der Waals surface area contributed by atoms with Gasteiger partial charge < -0.3 is 47.7 Å². The molecule has 10 heteroatoms. The van der Waals surface area contributed by atoms with E-state index in [1.807, 2.05) is 58.9 Å². The minimum absolute atomic E-state index is 0.190. The van der Waals surface area contributed by atoms with Gasteiger partial charge in [-0.2, -0.15) is 0 Å². The van der Waals surface area contributed by atoms with Gasteiger partial charge in [-0.05, 0) is 52.3 Å². The Morgan fingerprint density at radius 2 is 1.56 bits per heavy atom. The first-order valence-corrected chi connectivity index (χ1v) is 12.6. The van der Waals surface area contributed by atoms with E-state index in [2.05, 4.69) is 0 Å². The normalized spacial score (nSPS) is 41.0. The quantitative estimate of drug-likeness (QED) is 0.588. The Kier molecular flexibility index (Phi) is 7.36. The molecule has 0 saturated carbocycles. The van der Waals surface area contributed by atoms with Crippen molar-refractivity contribution < 1.29 is 47.7 Å². The van der Waals surface area contributed by atoms with Crippen molar-refractivity contribution in [1.29, 1.82) is 0 Å². The van der Waals surface area contributed by atoms with Crippen molar-refractivity contribution in [2.45, 2.75) is 115 Å². The van der Waals surface area contributed by atoms with Crippen molar-refractivity contribution in [1.82, 2.24) is 0 Å². The molecule has 0 aromatic heterocycles. The standard InChI is InChI=1S/C26H38O10/c1-14-20(30-12-15-7-9-16(28-6)10-8-15)17(27)11-19(31-14)29-13-18-21-22(34-25(2,3)33-21)23-24(32-18)36-26(4,5)35-23/h7-10,14,17-24,27H,11-13H2,1-6H3/t14-,17+,18-,19+,20-,21+,22+,23-,24-/m1/s1. The van der Waals surface area contributed by atoms with Gasteiger partial charge in [0, 0.05) is 6.42 Å². The Bertz CT molecular complexity index is 877. The molecule has 0 spiro atoms. The average molecular weight is 511 g/mol. The van der Waals surface area contributed by atoms with E-state index in [1.54, 1.807) is 7.11 Å². The number of rotatable bonds is 7. The summed E-state index contributed by atoms with van der Waals surface area (Å²) in [4.78, 5) is 0. The first-order valence-electron chi connectivity index (χ1n) is 12.6. The van der Waals surface area contributed by atoms with Crippen LogP contribution in [0.2, 0.25) is 0 Å². The van der Waals surface area contributed by atoms with E-state index in [-0.39, 0.29) is 37.4 Å². The molecule has 4 heterocycles. The maximum absolute atomic E-state index is 10.8. The Morgan fingerprint density at radius 3 is 2.25 bits per heavy atom. The second-order valence-corrected chi connectivity index (χ2v) is 10.7. The largest absolute Gasteiger partial charge is 0.497 e. The third kappa shape index (κ3) is 5.57. The van der Waals surface area contributed by atoms with Crippen molar-refractivity contribution in [2.75, 3.05) is 13.7 Å². The highest BCUT2D eigenvalue weighted by atomic mass is 16.9. The molecular weight excluding hydrogens is 472 g/mol. The zero-order valence-electron chi connectivity index (χ0n) is 21.7. The van der Waals surface area contributed by atoms with Gasteiger partial charge in [-0.15, -0.1) is 0 Å². The molecule has 0 aliphatic carbocycles. The van der Waals surface area contributed by atoms with Crippen LogP contribution in [-0.4, -0.2) is 85.7 Å².